The summed E-state index contributed by atoms with van der Waals surface area (Å²) in [5.74, 6) is -0.698. The Bertz CT molecular complexity index is 937. The number of carbonyl (C=O) groups is 1. The maximum atomic E-state index is 13.9. The molecule has 0 spiro atoms. The summed E-state index contributed by atoms with van der Waals surface area (Å²) in [7, 11) is 0. The maximum Gasteiger partial charge on any atom is 0.256 e. The number of aromatic nitrogens is 1. The fourth-order valence-electron chi connectivity index (χ4n) is 3.29. The van der Waals surface area contributed by atoms with Gasteiger partial charge >= 0.3 is 0 Å². The number of anilines is 1. The molecule has 4 rings (SSSR count). The number of hydrogen-bond donors (Lipinski definition) is 0. The topological polar surface area (TPSA) is 36.4 Å². The van der Waals surface area contributed by atoms with Crippen molar-refractivity contribution >= 4 is 32.6 Å². The van der Waals surface area contributed by atoms with Crippen molar-refractivity contribution in [3.63, 3.8) is 0 Å². The number of piperazine rings is 1. The number of fused-ring (bicyclic) bond motifs is 1. The molecule has 0 aliphatic carbocycles. The summed E-state index contributed by atoms with van der Waals surface area (Å²) in [5.41, 5.74) is 3.63. The van der Waals surface area contributed by atoms with E-state index in [0.29, 0.717) is 26.2 Å². The van der Waals surface area contributed by atoms with Crippen molar-refractivity contribution in [3.05, 3.63) is 58.9 Å². The van der Waals surface area contributed by atoms with E-state index in [1.165, 1.54) is 21.9 Å². The van der Waals surface area contributed by atoms with Crippen LogP contribution >= 0.6 is 11.3 Å². The third-order valence-electron chi connectivity index (χ3n) is 4.87. The van der Waals surface area contributed by atoms with Gasteiger partial charge in [0.1, 0.15) is 5.82 Å². The zero-order chi connectivity index (χ0) is 18.3. The van der Waals surface area contributed by atoms with Crippen LogP contribution < -0.4 is 4.90 Å². The molecule has 1 aliphatic heterocycles. The predicted octanol–water partition coefficient (Wildman–Crippen LogP) is 4.01. The Labute approximate surface area is 155 Å². The molecule has 1 amide bonds. The normalized spacial score (nSPS) is 14.9. The van der Waals surface area contributed by atoms with Crippen molar-refractivity contribution in [3.8, 4) is 0 Å². The summed E-state index contributed by atoms with van der Waals surface area (Å²) in [6, 6.07) is 10.4. The lowest BCUT2D eigenvalue weighted by molar-refractivity contribution is 0.0742. The van der Waals surface area contributed by atoms with Crippen LogP contribution in [0.1, 0.15) is 21.5 Å². The molecule has 2 aromatic carbocycles. The van der Waals surface area contributed by atoms with Crippen LogP contribution in [0.4, 0.5) is 9.52 Å². The summed E-state index contributed by atoms with van der Waals surface area (Å²) >= 11 is 1.70. The van der Waals surface area contributed by atoms with Gasteiger partial charge in [0.25, 0.3) is 5.91 Å². The second kappa shape index (κ2) is 6.68. The van der Waals surface area contributed by atoms with Crippen LogP contribution in [0.15, 0.2) is 36.4 Å². The first-order valence-electron chi connectivity index (χ1n) is 8.70. The molecule has 0 unspecified atom stereocenters. The largest absolute Gasteiger partial charge is 0.345 e. The first-order valence-corrected chi connectivity index (χ1v) is 9.52. The number of aryl methyl sites for hydroxylation is 2. The summed E-state index contributed by atoms with van der Waals surface area (Å²) in [4.78, 5) is 21.3. The quantitative estimate of drug-likeness (QED) is 0.685. The molecule has 134 valence electrons. The Morgan fingerprint density at radius 1 is 1.04 bits per heavy atom. The second-order valence-electron chi connectivity index (χ2n) is 6.63. The van der Waals surface area contributed by atoms with Gasteiger partial charge in [-0.3, -0.25) is 4.79 Å². The average molecular weight is 369 g/mol. The maximum absolute atomic E-state index is 13.9. The number of thiazole rings is 1. The smallest absolute Gasteiger partial charge is 0.256 e. The van der Waals surface area contributed by atoms with Crippen molar-refractivity contribution in [1.82, 2.24) is 9.88 Å². The minimum atomic E-state index is -0.461. The fraction of sp³-hybridized carbons (Fsp3) is 0.300. The van der Waals surface area contributed by atoms with Gasteiger partial charge in [-0.15, -0.1) is 0 Å². The molecule has 0 saturated carbocycles. The molecule has 1 saturated heterocycles. The van der Waals surface area contributed by atoms with Gasteiger partial charge in [-0.05, 0) is 37.1 Å². The molecule has 2 heterocycles. The molecule has 26 heavy (non-hydrogen) atoms. The van der Waals surface area contributed by atoms with E-state index in [-0.39, 0.29) is 11.5 Å². The second-order valence-corrected chi connectivity index (χ2v) is 7.61. The minimum Gasteiger partial charge on any atom is -0.345 e. The van der Waals surface area contributed by atoms with E-state index in [1.807, 2.05) is 0 Å². The van der Waals surface area contributed by atoms with E-state index < -0.39 is 5.82 Å². The number of rotatable bonds is 2. The average Bonchev–Trinajstić information content (AvgIpc) is 3.12. The van der Waals surface area contributed by atoms with E-state index in [1.54, 1.807) is 34.4 Å². The molecule has 1 fully saturated rings. The van der Waals surface area contributed by atoms with Crippen molar-refractivity contribution in [2.75, 3.05) is 31.1 Å². The van der Waals surface area contributed by atoms with Gasteiger partial charge in [-0.1, -0.05) is 35.6 Å². The van der Waals surface area contributed by atoms with Crippen LogP contribution in [0.25, 0.3) is 10.2 Å². The van der Waals surface area contributed by atoms with Gasteiger partial charge in [0.2, 0.25) is 0 Å². The first-order chi connectivity index (χ1) is 12.5. The number of carbonyl (C=O) groups excluding carboxylic acids is 1. The SMILES string of the molecule is Cc1ccc(C)c2sc(N3CCN(C(=O)c4ccccc4F)CC3)nc12. The Kier molecular flexibility index (Phi) is 4.36. The number of amides is 1. The Morgan fingerprint density at radius 2 is 1.73 bits per heavy atom. The van der Waals surface area contributed by atoms with Crippen LogP contribution in [0, 0.1) is 19.7 Å². The van der Waals surface area contributed by atoms with Crippen LogP contribution in [0.5, 0.6) is 0 Å². The Morgan fingerprint density at radius 3 is 2.42 bits per heavy atom. The highest BCUT2D eigenvalue weighted by molar-refractivity contribution is 7.22. The molecule has 0 atom stereocenters. The Hall–Kier alpha value is -2.47. The van der Waals surface area contributed by atoms with Crippen molar-refractivity contribution in [2.24, 2.45) is 0 Å². The van der Waals surface area contributed by atoms with Crippen LogP contribution in [0.3, 0.4) is 0 Å². The minimum absolute atomic E-state index is 0.146. The summed E-state index contributed by atoms with van der Waals surface area (Å²) in [6.07, 6.45) is 0. The monoisotopic (exact) mass is 369 g/mol. The predicted molar refractivity (Wildman–Crippen MR) is 104 cm³/mol. The van der Waals surface area contributed by atoms with Gasteiger partial charge in [-0.25, -0.2) is 9.37 Å². The molecular weight excluding hydrogens is 349 g/mol. The summed E-state index contributed by atoms with van der Waals surface area (Å²) in [5, 5.41) is 0.996. The molecule has 1 aromatic heterocycles. The standard InChI is InChI=1S/C20H20FN3OS/c1-13-7-8-14(2)18-17(13)22-20(26-18)24-11-9-23(10-12-24)19(25)15-5-3-4-6-16(15)21/h3-8H,9-12H2,1-2H3. The third-order valence-corrected chi connectivity index (χ3v) is 6.12. The third kappa shape index (κ3) is 2.94. The van der Waals surface area contributed by atoms with Gasteiger partial charge in [-0.2, -0.15) is 0 Å². The molecule has 1 aliphatic rings. The molecule has 0 radical (unpaired) electrons. The van der Waals surface area contributed by atoms with Crippen LogP contribution in [-0.2, 0) is 0 Å². The van der Waals surface area contributed by atoms with Gasteiger partial charge in [0.15, 0.2) is 5.13 Å². The zero-order valence-corrected chi connectivity index (χ0v) is 15.6. The van der Waals surface area contributed by atoms with Gasteiger partial charge in [0, 0.05) is 26.2 Å². The fourth-order valence-corrected chi connectivity index (χ4v) is 4.45. The highest BCUT2D eigenvalue weighted by atomic mass is 32.1. The lowest BCUT2D eigenvalue weighted by Gasteiger charge is -2.34. The van der Waals surface area contributed by atoms with E-state index in [9.17, 15) is 9.18 Å². The highest BCUT2D eigenvalue weighted by Crippen LogP contribution is 2.33. The molecular formula is C20H20FN3OS. The number of nitrogens with zero attached hydrogens (tertiary/aromatic N) is 3. The summed E-state index contributed by atoms with van der Waals surface area (Å²) < 4.78 is 15.1. The highest BCUT2D eigenvalue weighted by Gasteiger charge is 2.25. The Balaban J connectivity index is 1.50. The van der Waals surface area contributed by atoms with E-state index in [0.717, 1.165) is 10.6 Å². The number of hydrogen-bond acceptors (Lipinski definition) is 4. The van der Waals surface area contributed by atoms with Crippen LogP contribution in [-0.4, -0.2) is 42.0 Å². The lowest BCUT2D eigenvalue weighted by atomic mass is 10.1. The van der Waals surface area contributed by atoms with Gasteiger partial charge in [0.05, 0.1) is 15.8 Å². The van der Waals surface area contributed by atoms with E-state index in [2.05, 4.69) is 30.9 Å². The number of benzene rings is 2. The first kappa shape index (κ1) is 17.0. The van der Waals surface area contributed by atoms with E-state index in [4.69, 9.17) is 4.98 Å². The van der Waals surface area contributed by atoms with E-state index >= 15 is 0 Å². The van der Waals surface area contributed by atoms with Gasteiger partial charge < -0.3 is 9.80 Å². The van der Waals surface area contributed by atoms with Crippen molar-refractivity contribution < 1.29 is 9.18 Å². The van der Waals surface area contributed by atoms with Crippen LogP contribution in [0.2, 0.25) is 0 Å². The molecule has 3 aromatic rings. The zero-order valence-electron chi connectivity index (χ0n) is 14.8. The molecule has 4 nitrogen and oxygen atoms in total. The summed E-state index contributed by atoms with van der Waals surface area (Å²) in [6.45, 7) is 6.74. The lowest BCUT2D eigenvalue weighted by Crippen LogP contribution is -2.49. The molecule has 0 N–H and O–H groups in total. The van der Waals surface area contributed by atoms with Crippen molar-refractivity contribution in [2.45, 2.75) is 13.8 Å². The number of halogens is 1. The van der Waals surface area contributed by atoms with Crippen molar-refractivity contribution in [1.29, 1.82) is 0 Å². The molecule has 0 bridgehead atoms. The molecule has 6 heteroatoms.